The van der Waals surface area contributed by atoms with Crippen LogP contribution in [0.2, 0.25) is 10.0 Å². The Morgan fingerprint density at radius 2 is 2.16 bits per heavy atom. The lowest BCUT2D eigenvalue weighted by molar-refractivity contribution is 0.0780. The molecule has 100 valence electrons. The van der Waals surface area contributed by atoms with Crippen LogP contribution in [0.5, 0.6) is 0 Å². The Morgan fingerprint density at radius 1 is 1.42 bits per heavy atom. The Labute approximate surface area is 120 Å². The minimum Gasteiger partial charge on any atom is -0.396 e. The van der Waals surface area contributed by atoms with Crippen LogP contribution in [0.25, 0.3) is 0 Å². The summed E-state index contributed by atoms with van der Waals surface area (Å²) in [5, 5.41) is 7.24. The molecule has 0 spiro atoms. The highest BCUT2D eigenvalue weighted by atomic mass is 35.5. The van der Waals surface area contributed by atoms with Crippen LogP contribution in [0.1, 0.15) is 16.1 Å². The first kappa shape index (κ1) is 13.7. The van der Waals surface area contributed by atoms with Crippen LogP contribution in [-0.4, -0.2) is 28.1 Å². The maximum atomic E-state index is 12.1. The molecule has 0 saturated carbocycles. The predicted octanol–water partition coefficient (Wildman–Crippen LogP) is 2.57. The molecule has 1 aromatic carbocycles. The van der Waals surface area contributed by atoms with Crippen molar-refractivity contribution in [1.82, 2.24) is 15.1 Å². The van der Waals surface area contributed by atoms with Gasteiger partial charge in [0.25, 0.3) is 5.91 Å². The van der Waals surface area contributed by atoms with E-state index in [1.54, 1.807) is 19.2 Å². The fraction of sp³-hybridized carbons (Fsp3) is 0.167. The van der Waals surface area contributed by atoms with E-state index in [4.69, 9.17) is 28.9 Å². The van der Waals surface area contributed by atoms with Gasteiger partial charge in [0.15, 0.2) is 0 Å². The molecule has 7 heteroatoms. The van der Waals surface area contributed by atoms with E-state index < -0.39 is 0 Å². The standard InChI is InChI=1S/C12H12Cl2N4O/c1-18(12(19)11-10(15)5-16-17-11)6-7-2-3-8(13)9(14)4-7/h2-5H,6,15H2,1H3,(H,16,17). The molecule has 1 aromatic heterocycles. The SMILES string of the molecule is CN(Cc1ccc(Cl)c(Cl)c1)C(=O)c1[nH]ncc1N. The zero-order valence-corrected chi connectivity index (χ0v) is 11.7. The summed E-state index contributed by atoms with van der Waals surface area (Å²) < 4.78 is 0. The number of amides is 1. The number of anilines is 1. The van der Waals surface area contributed by atoms with Gasteiger partial charge in [-0.2, -0.15) is 5.10 Å². The zero-order valence-electron chi connectivity index (χ0n) is 10.2. The smallest absolute Gasteiger partial charge is 0.274 e. The fourth-order valence-electron chi connectivity index (χ4n) is 1.64. The monoisotopic (exact) mass is 298 g/mol. The number of rotatable bonds is 3. The average molecular weight is 299 g/mol. The van der Waals surface area contributed by atoms with Gasteiger partial charge in [0, 0.05) is 13.6 Å². The molecule has 0 atom stereocenters. The van der Waals surface area contributed by atoms with Gasteiger partial charge >= 0.3 is 0 Å². The number of benzene rings is 1. The second kappa shape index (κ2) is 5.50. The van der Waals surface area contributed by atoms with Crippen LogP contribution in [0.4, 0.5) is 5.69 Å². The first-order valence-corrected chi connectivity index (χ1v) is 6.23. The highest BCUT2D eigenvalue weighted by Gasteiger charge is 2.16. The molecule has 0 fully saturated rings. The number of nitrogen functional groups attached to an aromatic ring is 1. The van der Waals surface area contributed by atoms with E-state index in [1.807, 2.05) is 6.07 Å². The van der Waals surface area contributed by atoms with E-state index in [0.717, 1.165) is 5.56 Å². The lowest BCUT2D eigenvalue weighted by Gasteiger charge is -2.17. The molecule has 0 aliphatic heterocycles. The van der Waals surface area contributed by atoms with Gasteiger partial charge in [-0.1, -0.05) is 29.3 Å². The molecule has 0 unspecified atom stereocenters. The summed E-state index contributed by atoms with van der Waals surface area (Å²) in [6.45, 7) is 0.397. The molecule has 19 heavy (non-hydrogen) atoms. The molecule has 5 nitrogen and oxygen atoms in total. The normalized spacial score (nSPS) is 10.5. The Bertz CT molecular complexity index is 612. The highest BCUT2D eigenvalue weighted by molar-refractivity contribution is 6.42. The summed E-state index contributed by atoms with van der Waals surface area (Å²) in [6.07, 6.45) is 1.40. The van der Waals surface area contributed by atoms with Crippen LogP contribution in [0, 0.1) is 0 Å². The van der Waals surface area contributed by atoms with Crippen molar-refractivity contribution in [2.45, 2.75) is 6.54 Å². The Balaban J connectivity index is 2.13. The van der Waals surface area contributed by atoms with E-state index >= 15 is 0 Å². The molecule has 0 aliphatic carbocycles. The van der Waals surface area contributed by atoms with Gasteiger partial charge in [-0.05, 0) is 17.7 Å². The molecular weight excluding hydrogens is 287 g/mol. The number of carbonyl (C=O) groups is 1. The lowest BCUT2D eigenvalue weighted by Crippen LogP contribution is -2.27. The third-order valence-corrected chi connectivity index (χ3v) is 3.37. The van der Waals surface area contributed by atoms with Crippen molar-refractivity contribution in [1.29, 1.82) is 0 Å². The van der Waals surface area contributed by atoms with E-state index in [0.29, 0.717) is 22.3 Å². The largest absolute Gasteiger partial charge is 0.396 e. The van der Waals surface area contributed by atoms with Crippen LogP contribution in [0.15, 0.2) is 24.4 Å². The van der Waals surface area contributed by atoms with E-state index in [2.05, 4.69) is 10.2 Å². The van der Waals surface area contributed by atoms with Crippen molar-refractivity contribution in [2.75, 3.05) is 12.8 Å². The van der Waals surface area contributed by atoms with Crippen molar-refractivity contribution < 1.29 is 4.79 Å². The maximum absolute atomic E-state index is 12.1. The maximum Gasteiger partial charge on any atom is 0.274 e. The lowest BCUT2D eigenvalue weighted by atomic mass is 10.2. The minimum absolute atomic E-state index is 0.235. The number of aromatic nitrogens is 2. The number of halogens is 2. The summed E-state index contributed by atoms with van der Waals surface area (Å²) in [5.41, 5.74) is 7.12. The second-order valence-electron chi connectivity index (χ2n) is 4.11. The molecule has 0 aliphatic rings. The van der Waals surface area contributed by atoms with Crippen molar-refractivity contribution in [3.05, 3.63) is 45.7 Å². The zero-order chi connectivity index (χ0) is 14.0. The summed E-state index contributed by atoms with van der Waals surface area (Å²) in [7, 11) is 1.67. The van der Waals surface area contributed by atoms with Gasteiger partial charge in [0.2, 0.25) is 0 Å². The first-order valence-electron chi connectivity index (χ1n) is 5.47. The van der Waals surface area contributed by atoms with Gasteiger partial charge in [-0.3, -0.25) is 9.89 Å². The molecule has 0 bridgehead atoms. The number of aromatic amines is 1. The van der Waals surface area contributed by atoms with Crippen LogP contribution >= 0.6 is 23.2 Å². The molecule has 1 heterocycles. The number of nitrogens with two attached hydrogens (primary N) is 1. The molecule has 0 radical (unpaired) electrons. The third-order valence-electron chi connectivity index (χ3n) is 2.63. The molecule has 0 saturated heterocycles. The van der Waals surface area contributed by atoms with Crippen molar-refractivity contribution in [3.8, 4) is 0 Å². The number of hydrogen-bond donors (Lipinski definition) is 2. The van der Waals surface area contributed by atoms with Crippen LogP contribution < -0.4 is 5.73 Å². The van der Waals surface area contributed by atoms with Gasteiger partial charge in [-0.15, -0.1) is 0 Å². The van der Waals surface area contributed by atoms with Crippen molar-refractivity contribution in [2.24, 2.45) is 0 Å². The summed E-state index contributed by atoms with van der Waals surface area (Å²) >= 11 is 11.8. The van der Waals surface area contributed by atoms with Crippen LogP contribution in [0.3, 0.4) is 0 Å². The molecule has 2 rings (SSSR count). The number of hydrogen-bond acceptors (Lipinski definition) is 3. The number of nitrogens with zero attached hydrogens (tertiary/aromatic N) is 2. The van der Waals surface area contributed by atoms with Gasteiger partial charge in [-0.25, -0.2) is 0 Å². The number of nitrogens with one attached hydrogen (secondary N) is 1. The third kappa shape index (κ3) is 3.00. The minimum atomic E-state index is -0.235. The summed E-state index contributed by atoms with van der Waals surface area (Å²) in [5.74, 6) is -0.235. The summed E-state index contributed by atoms with van der Waals surface area (Å²) in [4.78, 5) is 13.6. The Kier molecular flexibility index (Phi) is 3.97. The van der Waals surface area contributed by atoms with E-state index in [9.17, 15) is 4.79 Å². The molecule has 2 aromatic rings. The topological polar surface area (TPSA) is 75.0 Å². The van der Waals surface area contributed by atoms with Gasteiger partial charge in [0.05, 0.1) is 21.9 Å². The van der Waals surface area contributed by atoms with Crippen molar-refractivity contribution in [3.63, 3.8) is 0 Å². The summed E-state index contributed by atoms with van der Waals surface area (Å²) in [6, 6.07) is 5.24. The average Bonchev–Trinajstić information content (AvgIpc) is 2.79. The van der Waals surface area contributed by atoms with E-state index in [1.165, 1.54) is 11.1 Å². The second-order valence-corrected chi connectivity index (χ2v) is 4.92. The Hall–Kier alpha value is -1.72. The van der Waals surface area contributed by atoms with Crippen LogP contribution in [-0.2, 0) is 6.54 Å². The molecular formula is C12H12Cl2N4O. The fourth-order valence-corrected chi connectivity index (χ4v) is 1.96. The number of H-pyrrole nitrogens is 1. The van der Waals surface area contributed by atoms with Gasteiger partial charge < -0.3 is 10.6 Å². The number of carbonyl (C=O) groups excluding carboxylic acids is 1. The van der Waals surface area contributed by atoms with Gasteiger partial charge in [0.1, 0.15) is 5.69 Å². The first-order chi connectivity index (χ1) is 8.99. The highest BCUT2D eigenvalue weighted by Crippen LogP contribution is 2.23. The van der Waals surface area contributed by atoms with Crippen molar-refractivity contribution >= 4 is 34.8 Å². The predicted molar refractivity (Wildman–Crippen MR) is 75.3 cm³/mol. The van der Waals surface area contributed by atoms with E-state index in [-0.39, 0.29) is 11.6 Å². The molecule has 3 N–H and O–H groups in total. The quantitative estimate of drug-likeness (QED) is 0.914. The molecule has 1 amide bonds. The Morgan fingerprint density at radius 3 is 2.74 bits per heavy atom.